The molecule has 0 unspecified atom stereocenters. The minimum absolute atomic E-state index is 0.337. The zero-order valence-corrected chi connectivity index (χ0v) is 7.25. The summed E-state index contributed by atoms with van der Waals surface area (Å²) < 4.78 is 0.884. The van der Waals surface area contributed by atoms with Gasteiger partial charge in [-0.2, -0.15) is 0 Å². The molecule has 0 radical (unpaired) electrons. The first kappa shape index (κ1) is 8.00. The smallest absolute Gasteiger partial charge is 0.262 e. The SMILES string of the molecule is O=NC(=O)c1cc2ncccc2s1. The van der Waals surface area contributed by atoms with E-state index < -0.39 is 5.91 Å². The van der Waals surface area contributed by atoms with Gasteiger partial charge in [0.1, 0.15) is 4.88 Å². The van der Waals surface area contributed by atoms with E-state index in [0.29, 0.717) is 4.88 Å². The van der Waals surface area contributed by atoms with Crippen LogP contribution in [0.5, 0.6) is 0 Å². The number of hydrogen-bond donors (Lipinski definition) is 0. The number of carbonyl (C=O) groups excluding carboxylic acids is 1. The summed E-state index contributed by atoms with van der Waals surface area (Å²) in [6.45, 7) is 0. The lowest BCUT2D eigenvalue weighted by Crippen LogP contribution is -1.86. The van der Waals surface area contributed by atoms with E-state index in [9.17, 15) is 9.70 Å². The monoisotopic (exact) mass is 192 g/mol. The van der Waals surface area contributed by atoms with E-state index in [1.165, 1.54) is 11.3 Å². The average Bonchev–Trinajstić information content (AvgIpc) is 2.59. The van der Waals surface area contributed by atoms with Crippen LogP contribution < -0.4 is 0 Å². The summed E-state index contributed by atoms with van der Waals surface area (Å²) in [6, 6.07) is 5.19. The predicted molar refractivity (Wildman–Crippen MR) is 49.7 cm³/mol. The Bertz CT molecular complexity index is 445. The molecule has 0 aromatic carbocycles. The molecular formula is C8H4N2O2S. The molecular weight excluding hydrogens is 188 g/mol. The van der Waals surface area contributed by atoms with Crippen molar-refractivity contribution >= 4 is 27.5 Å². The van der Waals surface area contributed by atoms with Crippen LogP contribution in [0, 0.1) is 4.91 Å². The molecule has 0 spiro atoms. The van der Waals surface area contributed by atoms with E-state index in [-0.39, 0.29) is 0 Å². The lowest BCUT2D eigenvalue weighted by Gasteiger charge is -1.81. The first-order chi connectivity index (χ1) is 6.31. The second-order valence-electron chi connectivity index (χ2n) is 2.39. The number of carbonyl (C=O) groups is 1. The normalized spacial score (nSPS) is 10.2. The van der Waals surface area contributed by atoms with Crippen molar-refractivity contribution in [1.29, 1.82) is 0 Å². The molecule has 5 heteroatoms. The molecule has 0 saturated carbocycles. The molecule has 0 aliphatic rings. The summed E-state index contributed by atoms with van der Waals surface area (Å²) in [6.07, 6.45) is 1.64. The molecule has 2 rings (SSSR count). The van der Waals surface area contributed by atoms with Crippen molar-refractivity contribution in [3.8, 4) is 0 Å². The number of aromatic nitrogens is 1. The molecule has 0 aliphatic heterocycles. The fourth-order valence-electron chi connectivity index (χ4n) is 1.02. The summed E-state index contributed by atoms with van der Waals surface area (Å²) in [5.74, 6) is -0.733. The number of thiophene rings is 1. The minimum atomic E-state index is -0.733. The van der Waals surface area contributed by atoms with Gasteiger partial charge in [0, 0.05) is 11.4 Å². The van der Waals surface area contributed by atoms with Crippen LogP contribution in [0.4, 0.5) is 0 Å². The zero-order chi connectivity index (χ0) is 9.26. The number of rotatable bonds is 1. The summed E-state index contributed by atoms with van der Waals surface area (Å²) in [5, 5.41) is 2.35. The second kappa shape index (κ2) is 3.02. The highest BCUT2D eigenvalue weighted by Gasteiger charge is 2.09. The van der Waals surface area contributed by atoms with Crippen molar-refractivity contribution in [2.45, 2.75) is 0 Å². The number of amides is 1. The highest BCUT2D eigenvalue weighted by atomic mass is 32.1. The fourth-order valence-corrected chi connectivity index (χ4v) is 1.91. The molecule has 0 N–H and O–H groups in total. The van der Waals surface area contributed by atoms with Crippen molar-refractivity contribution in [3.63, 3.8) is 0 Å². The van der Waals surface area contributed by atoms with Crippen LogP contribution in [0.3, 0.4) is 0 Å². The van der Waals surface area contributed by atoms with Gasteiger partial charge >= 0.3 is 5.91 Å². The van der Waals surface area contributed by atoms with Crippen LogP contribution in [0.25, 0.3) is 10.2 Å². The fraction of sp³-hybridized carbons (Fsp3) is 0. The number of nitrogens with zero attached hydrogens (tertiary/aromatic N) is 2. The lowest BCUT2D eigenvalue weighted by molar-refractivity contribution is 0.100. The van der Waals surface area contributed by atoms with E-state index in [2.05, 4.69) is 10.2 Å². The Hall–Kier alpha value is -1.62. The Morgan fingerprint density at radius 3 is 3.08 bits per heavy atom. The average molecular weight is 192 g/mol. The second-order valence-corrected chi connectivity index (χ2v) is 3.48. The third kappa shape index (κ3) is 1.33. The Balaban J connectivity index is 2.62. The Morgan fingerprint density at radius 1 is 1.54 bits per heavy atom. The van der Waals surface area contributed by atoms with Gasteiger partial charge in [-0.15, -0.1) is 16.2 Å². The first-order valence-electron chi connectivity index (χ1n) is 3.53. The maximum Gasteiger partial charge on any atom is 0.326 e. The molecule has 13 heavy (non-hydrogen) atoms. The van der Waals surface area contributed by atoms with Crippen LogP contribution in [0.1, 0.15) is 9.67 Å². The van der Waals surface area contributed by atoms with Crippen molar-refractivity contribution in [3.05, 3.63) is 34.2 Å². The number of fused-ring (bicyclic) bond motifs is 1. The van der Waals surface area contributed by atoms with E-state index >= 15 is 0 Å². The van der Waals surface area contributed by atoms with Crippen LogP contribution in [-0.4, -0.2) is 10.9 Å². The highest BCUT2D eigenvalue weighted by molar-refractivity contribution is 7.20. The third-order valence-electron chi connectivity index (χ3n) is 1.58. The highest BCUT2D eigenvalue weighted by Crippen LogP contribution is 2.23. The van der Waals surface area contributed by atoms with Gasteiger partial charge in [0.15, 0.2) is 0 Å². The van der Waals surface area contributed by atoms with E-state index in [1.54, 1.807) is 18.3 Å². The van der Waals surface area contributed by atoms with Gasteiger partial charge in [-0.25, -0.2) is 0 Å². The van der Waals surface area contributed by atoms with E-state index in [4.69, 9.17) is 0 Å². The molecule has 0 atom stereocenters. The summed E-state index contributed by atoms with van der Waals surface area (Å²) in [4.78, 5) is 25.2. The molecule has 0 aliphatic carbocycles. The van der Waals surface area contributed by atoms with Crippen molar-refractivity contribution in [2.75, 3.05) is 0 Å². The number of nitroso groups, excluding NO2 is 1. The van der Waals surface area contributed by atoms with Crippen molar-refractivity contribution in [2.24, 2.45) is 5.18 Å². The molecule has 4 nitrogen and oxygen atoms in total. The van der Waals surface area contributed by atoms with Gasteiger partial charge in [-0.3, -0.25) is 9.78 Å². The molecule has 2 aromatic rings. The summed E-state index contributed by atoms with van der Waals surface area (Å²) >= 11 is 1.22. The van der Waals surface area contributed by atoms with Gasteiger partial charge in [0.25, 0.3) is 0 Å². The van der Waals surface area contributed by atoms with Gasteiger partial charge < -0.3 is 0 Å². The van der Waals surface area contributed by atoms with Gasteiger partial charge in [-0.1, -0.05) is 0 Å². The van der Waals surface area contributed by atoms with Gasteiger partial charge in [0.05, 0.1) is 10.2 Å². The van der Waals surface area contributed by atoms with Crippen LogP contribution in [0.15, 0.2) is 29.6 Å². The standard InChI is InChI=1S/C8H4N2O2S/c11-8(10-12)7-4-5-6(13-7)2-1-3-9-5/h1-4H. The summed E-state index contributed by atoms with van der Waals surface area (Å²) in [5.41, 5.74) is 0.722. The molecule has 0 bridgehead atoms. The van der Waals surface area contributed by atoms with Crippen LogP contribution in [0.2, 0.25) is 0 Å². The Morgan fingerprint density at radius 2 is 2.38 bits per heavy atom. The Kier molecular flexibility index (Phi) is 1.86. The largest absolute Gasteiger partial charge is 0.326 e. The topological polar surface area (TPSA) is 59.4 Å². The van der Waals surface area contributed by atoms with Crippen LogP contribution >= 0.6 is 11.3 Å². The molecule has 64 valence electrons. The van der Waals surface area contributed by atoms with Crippen molar-refractivity contribution < 1.29 is 4.79 Å². The van der Waals surface area contributed by atoms with Gasteiger partial charge in [-0.05, 0) is 18.2 Å². The maximum absolute atomic E-state index is 10.9. The molecule has 0 fully saturated rings. The van der Waals surface area contributed by atoms with Gasteiger partial charge in [0.2, 0.25) is 0 Å². The number of hydrogen-bond acceptors (Lipinski definition) is 4. The molecule has 2 heterocycles. The predicted octanol–water partition coefficient (Wildman–Crippen LogP) is 2.20. The van der Waals surface area contributed by atoms with E-state index in [1.807, 2.05) is 6.07 Å². The molecule has 1 amide bonds. The summed E-state index contributed by atoms with van der Waals surface area (Å²) in [7, 11) is 0. The third-order valence-corrected chi connectivity index (χ3v) is 2.66. The Labute approximate surface area is 77.2 Å². The quantitative estimate of drug-likeness (QED) is 0.651. The first-order valence-corrected chi connectivity index (χ1v) is 4.35. The van der Waals surface area contributed by atoms with Crippen molar-refractivity contribution in [1.82, 2.24) is 4.98 Å². The maximum atomic E-state index is 10.9. The molecule has 0 saturated heterocycles. The molecule has 2 aromatic heterocycles. The van der Waals surface area contributed by atoms with E-state index in [0.717, 1.165) is 10.2 Å². The minimum Gasteiger partial charge on any atom is -0.262 e. The van der Waals surface area contributed by atoms with Crippen LogP contribution in [-0.2, 0) is 0 Å². The zero-order valence-electron chi connectivity index (χ0n) is 6.43. The lowest BCUT2D eigenvalue weighted by atomic mass is 10.4. The number of pyridine rings is 1.